The first-order chi connectivity index (χ1) is 12.4. The molecule has 0 aliphatic carbocycles. The smallest absolute Gasteiger partial charge is 0.319 e. The summed E-state index contributed by atoms with van der Waals surface area (Å²) in [6, 6.07) is 0. The van der Waals surface area contributed by atoms with Gasteiger partial charge in [-0.2, -0.15) is 4.98 Å². The van der Waals surface area contributed by atoms with Crippen molar-refractivity contribution in [3.63, 3.8) is 0 Å². The molecule has 2 aromatic heterocycles. The lowest BCUT2D eigenvalue weighted by molar-refractivity contribution is -0.148. The van der Waals surface area contributed by atoms with Crippen LogP contribution < -0.4 is 17.0 Å². The Morgan fingerprint density at radius 2 is 2.00 bits per heavy atom. The fraction of sp³-hybridized carbons (Fsp3) is 0.533. The molecule has 0 saturated heterocycles. The number of nitrogens with zero attached hydrogens (tertiary/aromatic N) is 3. The van der Waals surface area contributed by atoms with Gasteiger partial charge in [0.05, 0.1) is 26.1 Å². The molecule has 0 aromatic carbocycles. The lowest BCUT2D eigenvalue weighted by atomic mass is 10.1. The number of carbonyl (C=O) groups is 2. The van der Waals surface area contributed by atoms with Crippen LogP contribution in [0.1, 0.15) is 19.8 Å². The molecule has 0 aliphatic rings. The van der Waals surface area contributed by atoms with Gasteiger partial charge in [0.2, 0.25) is 5.95 Å². The van der Waals surface area contributed by atoms with Crippen molar-refractivity contribution in [1.82, 2.24) is 19.5 Å². The van der Waals surface area contributed by atoms with Crippen molar-refractivity contribution < 1.29 is 19.1 Å². The quantitative estimate of drug-likeness (QED) is 0.479. The normalized spacial score (nSPS) is 12.1. The summed E-state index contributed by atoms with van der Waals surface area (Å²) in [6.45, 7) is 2.06. The third-order valence-corrected chi connectivity index (χ3v) is 3.69. The van der Waals surface area contributed by atoms with Crippen molar-refractivity contribution in [2.45, 2.75) is 26.3 Å². The topological polar surface area (TPSA) is 168 Å². The fourth-order valence-corrected chi connectivity index (χ4v) is 2.25. The van der Waals surface area contributed by atoms with Gasteiger partial charge in [-0.25, -0.2) is 4.98 Å². The molecule has 0 radical (unpaired) electrons. The van der Waals surface area contributed by atoms with Gasteiger partial charge >= 0.3 is 11.9 Å². The summed E-state index contributed by atoms with van der Waals surface area (Å²) in [5, 5.41) is 0. The summed E-state index contributed by atoms with van der Waals surface area (Å²) >= 11 is 0. The first-order valence-electron chi connectivity index (χ1n) is 8.16. The molecule has 11 heteroatoms. The van der Waals surface area contributed by atoms with Crippen LogP contribution in [0.4, 0.5) is 5.95 Å². The molecule has 5 N–H and O–H groups in total. The summed E-state index contributed by atoms with van der Waals surface area (Å²) < 4.78 is 11.8. The number of esters is 2. The zero-order valence-corrected chi connectivity index (χ0v) is 14.4. The number of imidazole rings is 1. The average molecular weight is 366 g/mol. The lowest BCUT2D eigenvalue weighted by Crippen LogP contribution is -2.25. The van der Waals surface area contributed by atoms with Crippen LogP contribution in [0.3, 0.4) is 0 Å². The Kier molecular flexibility index (Phi) is 6.67. The molecule has 2 aromatic rings. The number of hydrogen-bond acceptors (Lipinski definition) is 9. The predicted octanol–water partition coefficient (Wildman–Crippen LogP) is -0.837. The van der Waals surface area contributed by atoms with Gasteiger partial charge in [0.25, 0.3) is 5.56 Å². The number of aryl methyl sites for hydroxylation is 1. The predicted molar refractivity (Wildman–Crippen MR) is 91.9 cm³/mol. The van der Waals surface area contributed by atoms with Gasteiger partial charge in [-0.05, 0) is 6.42 Å². The van der Waals surface area contributed by atoms with Crippen LogP contribution in [0.2, 0.25) is 0 Å². The molecule has 0 saturated carbocycles. The Labute approximate surface area is 148 Å². The van der Waals surface area contributed by atoms with E-state index in [2.05, 4.69) is 15.0 Å². The largest absolute Gasteiger partial charge is 0.465 e. The number of anilines is 1. The van der Waals surface area contributed by atoms with Crippen molar-refractivity contribution in [3.05, 3.63) is 16.7 Å². The van der Waals surface area contributed by atoms with Crippen molar-refractivity contribution in [3.8, 4) is 0 Å². The number of aromatic amines is 1. The third-order valence-electron chi connectivity index (χ3n) is 3.69. The molecular weight excluding hydrogens is 344 g/mol. The highest BCUT2D eigenvalue weighted by Crippen LogP contribution is 2.12. The van der Waals surface area contributed by atoms with Crippen molar-refractivity contribution >= 4 is 29.1 Å². The molecule has 142 valence electrons. The van der Waals surface area contributed by atoms with E-state index in [1.807, 2.05) is 0 Å². The maximum atomic E-state index is 11.8. The number of H-pyrrole nitrogens is 1. The number of rotatable bonds is 9. The second kappa shape index (κ2) is 8.94. The molecule has 1 atom stereocenters. The summed E-state index contributed by atoms with van der Waals surface area (Å²) in [5.41, 5.74) is 10.9. The Balaban J connectivity index is 2.06. The van der Waals surface area contributed by atoms with Crippen LogP contribution in [-0.4, -0.2) is 51.2 Å². The molecule has 2 rings (SSSR count). The summed E-state index contributed by atoms with van der Waals surface area (Å²) in [7, 11) is 0. The molecule has 0 amide bonds. The third kappa shape index (κ3) is 5.02. The van der Waals surface area contributed by atoms with E-state index >= 15 is 0 Å². The minimum absolute atomic E-state index is 0.00504. The Hall–Kier alpha value is -2.95. The molecule has 0 fully saturated rings. The Morgan fingerprint density at radius 1 is 1.31 bits per heavy atom. The van der Waals surface area contributed by atoms with E-state index in [9.17, 15) is 14.4 Å². The van der Waals surface area contributed by atoms with Crippen molar-refractivity contribution in [1.29, 1.82) is 0 Å². The maximum absolute atomic E-state index is 11.8. The van der Waals surface area contributed by atoms with Crippen LogP contribution in [0.5, 0.6) is 0 Å². The maximum Gasteiger partial charge on any atom is 0.319 e. The SMILES string of the molecule is CCC(=O)OCC(CCn1cnc2c(=O)[nH]c(N)nc21)COC(=O)CN. The highest BCUT2D eigenvalue weighted by Gasteiger charge is 2.16. The molecule has 0 aliphatic heterocycles. The molecule has 0 spiro atoms. The van der Waals surface area contributed by atoms with E-state index < -0.39 is 11.5 Å². The summed E-state index contributed by atoms with van der Waals surface area (Å²) in [6.07, 6.45) is 2.23. The standard InChI is InChI=1S/C15H22N6O5/c1-2-10(22)25-6-9(7-26-11(23)5-16)3-4-21-8-18-12-13(21)19-15(17)20-14(12)24/h8-9H,2-7,16H2,1H3,(H3,17,19,20,24). The van der Waals surface area contributed by atoms with Crippen LogP contribution in [0.25, 0.3) is 11.2 Å². The van der Waals surface area contributed by atoms with Crippen LogP contribution in [0.15, 0.2) is 11.1 Å². The van der Waals surface area contributed by atoms with E-state index in [1.54, 1.807) is 11.5 Å². The second-order valence-corrected chi connectivity index (χ2v) is 5.64. The molecule has 1 unspecified atom stereocenters. The van der Waals surface area contributed by atoms with E-state index in [0.29, 0.717) is 18.6 Å². The first-order valence-corrected chi connectivity index (χ1v) is 8.16. The second-order valence-electron chi connectivity index (χ2n) is 5.64. The number of nitrogens with one attached hydrogen (secondary N) is 1. The Bertz CT molecular complexity index is 810. The molecule has 11 nitrogen and oxygen atoms in total. The van der Waals surface area contributed by atoms with Gasteiger partial charge in [0.1, 0.15) is 0 Å². The number of ether oxygens (including phenoxy) is 2. The van der Waals surface area contributed by atoms with Gasteiger partial charge in [-0.3, -0.25) is 19.4 Å². The number of aromatic nitrogens is 4. The number of hydrogen-bond donors (Lipinski definition) is 3. The van der Waals surface area contributed by atoms with Crippen LogP contribution >= 0.6 is 0 Å². The van der Waals surface area contributed by atoms with Crippen molar-refractivity contribution in [2.24, 2.45) is 11.7 Å². The zero-order chi connectivity index (χ0) is 19.1. The van der Waals surface area contributed by atoms with E-state index in [0.717, 1.165) is 0 Å². The van der Waals surface area contributed by atoms with Crippen molar-refractivity contribution in [2.75, 3.05) is 25.5 Å². The van der Waals surface area contributed by atoms with Gasteiger partial charge in [0, 0.05) is 18.9 Å². The number of nitrogens with two attached hydrogens (primary N) is 2. The number of carbonyl (C=O) groups excluding carboxylic acids is 2. The fourth-order valence-electron chi connectivity index (χ4n) is 2.25. The number of nitrogen functional groups attached to an aromatic ring is 1. The van der Waals surface area contributed by atoms with Crippen LogP contribution in [0, 0.1) is 5.92 Å². The average Bonchev–Trinajstić information content (AvgIpc) is 3.03. The molecule has 26 heavy (non-hydrogen) atoms. The first kappa shape index (κ1) is 19.4. The molecular formula is C15H22N6O5. The minimum Gasteiger partial charge on any atom is -0.465 e. The zero-order valence-electron chi connectivity index (χ0n) is 14.4. The van der Waals surface area contributed by atoms with Gasteiger partial charge in [-0.1, -0.05) is 6.92 Å². The van der Waals surface area contributed by atoms with Gasteiger partial charge in [-0.15, -0.1) is 0 Å². The van der Waals surface area contributed by atoms with Gasteiger partial charge in [0.15, 0.2) is 11.2 Å². The number of fused-ring (bicyclic) bond motifs is 1. The lowest BCUT2D eigenvalue weighted by Gasteiger charge is -2.17. The van der Waals surface area contributed by atoms with Crippen LogP contribution in [-0.2, 0) is 25.6 Å². The highest BCUT2D eigenvalue weighted by atomic mass is 16.5. The highest BCUT2D eigenvalue weighted by molar-refractivity contribution is 5.71. The molecule has 2 heterocycles. The van der Waals surface area contributed by atoms with E-state index in [4.69, 9.17) is 20.9 Å². The monoisotopic (exact) mass is 366 g/mol. The molecule has 0 bridgehead atoms. The van der Waals surface area contributed by atoms with E-state index in [1.165, 1.54) is 6.33 Å². The minimum atomic E-state index is -0.536. The Morgan fingerprint density at radius 3 is 2.65 bits per heavy atom. The van der Waals surface area contributed by atoms with E-state index in [-0.39, 0.29) is 49.5 Å². The summed E-state index contributed by atoms with van der Waals surface area (Å²) in [4.78, 5) is 44.9. The summed E-state index contributed by atoms with van der Waals surface area (Å²) in [5.74, 6) is -1.12. The van der Waals surface area contributed by atoms with Gasteiger partial charge < -0.3 is 25.5 Å².